The van der Waals surface area contributed by atoms with E-state index in [2.05, 4.69) is 48.2 Å². The summed E-state index contributed by atoms with van der Waals surface area (Å²) in [5.41, 5.74) is 4.63. The van der Waals surface area contributed by atoms with Gasteiger partial charge < -0.3 is 4.90 Å². The normalized spacial score (nSPS) is 20.4. The number of carbonyl (C=O) groups excluding carboxylic acids is 1. The van der Waals surface area contributed by atoms with Gasteiger partial charge in [0.15, 0.2) is 5.65 Å². The molecule has 0 N–H and O–H groups in total. The highest BCUT2D eigenvalue weighted by Gasteiger charge is 2.36. The largest absolute Gasteiger partial charge is 0.335 e. The van der Waals surface area contributed by atoms with Crippen LogP contribution in [0, 0.1) is 13.8 Å². The fourth-order valence-electron chi connectivity index (χ4n) is 3.97. The number of nitrogens with zero attached hydrogens (tertiary/aromatic N) is 4. The molecule has 0 bridgehead atoms. The van der Waals surface area contributed by atoms with Crippen LogP contribution in [0.1, 0.15) is 46.4 Å². The average Bonchev–Trinajstić information content (AvgIpc) is 3.14. The highest BCUT2D eigenvalue weighted by atomic mass is 16.2. The van der Waals surface area contributed by atoms with Crippen molar-refractivity contribution in [3.63, 3.8) is 0 Å². The lowest BCUT2D eigenvalue weighted by atomic mass is 9.93. The Kier molecular flexibility index (Phi) is 3.79. The Morgan fingerprint density at radius 3 is 2.80 bits per heavy atom. The van der Waals surface area contributed by atoms with E-state index >= 15 is 0 Å². The number of aromatic nitrogens is 3. The van der Waals surface area contributed by atoms with Gasteiger partial charge in [0, 0.05) is 30.9 Å². The van der Waals surface area contributed by atoms with Gasteiger partial charge in [0.05, 0.1) is 5.69 Å². The van der Waals surface area contributed by atoms with Crippen LogP contribution in [0.4, 0.5) is 0 Å². The molecule has 0 radical (unpaired) electrons. The molecule has 0 spiro atoms. The highest BCUT2D eigenvalue weighted by Crippen LogP contribution is 2.34. The Bertz CT molecular complexity index is 946. The summed E-state index contributed by atoms with van der Waals surface area (Å²) in [4.78, 5) is 19.6. The molecule has 5 nitrogen and oxygen atoms in total. The zero-order chi connectivity index (χ0) is 17.6. The standard InChI is InChI=1S/C20H22N4O/c1-13-7-4-5-8-17(13)16-11-14(2)23(12-16)20(25)18-15(3)22-24-10-6-9-21-19(18)24/h4-10,14,16H,11-12H2,1-3H3/t14-,16-/m1/s1. The van der Waals surface area contributed by atoms with Crippen LogP contribution in [0.3, 0.4) is 0 Å². The molecule has 128 valence electrons. The SMILES string of the molecule is Cc1ccccc1[C@@H]1C[C@@H](C)N(C(=O)c2c(C)nn3cccnc23)C1. The molecule has 0 aliphatic carbocycles. The summed E-state index contributed by atoms with van der Waals surface area (Å²) in [7, 11) is 0. The van der Waals surface area contributed by atoms with Crippen molar-refractivity contribution in [3.05, 3.63) is 65.1 Å². The first-order chi connectivity index (χ1) is 12.1. The van der Waals surface area contributed by atoms with Gasteiger partial charge >= 0.3 is 0 Å². The number of benzene rings is 1. The second-order valence-corrected chi connectivity index (χ2v) is 6.94. The number of rotatable bonds is 2. The van der Waals surface area contributed by atoms with E-state index in [0.717, 1.165) is 18.7 Å². The zero-order valence-electron chi connectivity index (χ0n) is 14.8. The molecule has 25 heavy (non-hydrogen) atoms. The first-order valence-electron chi connectivity index (χ1n) is 8.72. The van der Waals surface area contributed by atoms with Crippen LogP contribution in [-0.2, 0) is 0 Å². The lowest BCUT2D eigenvalue weighted by molar-refractivity contribution is 0.0747. The van der Waals surface area contributed by atoms with E-state index in [1.807, 2.05) is 24.1 Å². The van der Waals surface area contributed by atoms with Crippen molar-refractivity contribution in [1.29, 1.82) is 0 Å². The van der Waals surface area contributed by atoms with Crippen molar-refractivity contribution >= 4 is 11.6 Å². The van der Waals surface area contributed by atoms with Crippen LogP contribution in [0.25, 0.3) is 5.65 Å². The van der Waals surface area contributed by atoms with Crippen molar-refractivity contribution in [2.75, 3.05) is 6.54 Å². The molecule has 0 unspecified atom stereocenters. The molecule has 3 aromatic rings. The minimum atomic E-state index is 0.0368. The first-order valence-corrected chi connectivity index (χ1v) is 8.72. The molecule has 4 rings (SSSR count). The molecule has 0 saturated carbocycles. The van der Waals surface area contributed by atoms with Crippen molar-refractivity contribution in [2.45, 2.75) is 39.2 Å². The third-order valence-corrected chi connectivity index (χ3v) is 5.25. The molecule has 2 atom stereocenters. The van der Waals surface area contributed by atoms with Gasteiger partial charge in [-0.05, 0) is 44.4 Å². The second kappa shape index (κ2) is 5.99. The van der Waals surface area contributed by atoms with Crippen molar-refractivity contribution < 1.29 is 4.79 Å². The molecule has 1 aromatic carbocycles. The Morgan fingerprint density at radius 1 is 1.20 bits per heavy atom. The molecule has 2 aromatic heterocycles. The minimum Gasteiger partial charge on any atom is -0.335 e. The molecule has 1 saturated heterocycles. The van der Waals surface area contributed by atoms with E-state index < -0.39 is 0 Å². The molecular weight excluding hydrogens is 312 g/mol. The zero-order valence-corrected chi connectivity index (χ0v) is 14.8. The fraction of sp³-hybridized carbons (Fsp3) is 0.350. The smallest absolute Gasteiger partial charge is 0.259 e. The van der Waals surface area contributed by atoms with E-state index in [-0.39, 0.29) is 11.9 Å². The summed E-state index contributed by atoms with van der Waals surface area (Å²) >= 11 is 0. The maximum absolute atomic E-state index is 13.2. The van der Waals surface area contributed by atoms with E-state index in [0.29, 0.717) is 17.1 Å². The molecule has 5 heteroatoms. The van der Waals surface area contributed by atoms with E-state index in [1.54, 1.807) is 10.7 Å². The van der Waals surface area contributed by atoms with E-state index in [4.69, 9.17) is 0 Å². The first kappa shape index (κ1) is 15.8. The maximum Gasteiger partial charge on any atom is 0.259 e. The predicted octanol–water partition coefficient (Wildman–Crippen LogP) is 3.36. The van der Waals surface area contributed by atoms with Crippen LogP contribution in [0.2, 0.25) is 0 Å². The summed E-state index contributed by atoms with van der Waals surface area (Å²) in [6.07, 6.45) is 4.52. The molecule has 1 aliphatic heterocycles. The summed E-state index contributed by atoms with van der Waals surface area (Å²) in [6, 6.07) is 10.5. The van der Waals surface area contributed by atoms with Crippen molar-refractivity contribution in [1.82, 2.24) is 19.5 Å². The maximum atomic E-state index is 13.2. The Balaban J connectivity index is 1.67. The summed E-state index contributed by atoms with van der Waals surface area (Å²) in [6.45, 7) is 6.89. The summed E-state index contributed by atoms with van der Waals surface area (Å²) in [5.74, 6) is 0.421. The van der Waals surface area contributed by atoms with E-state index in [1.165, 1.54) is 11.1 Å². The van der Waals surface area contributed by atoms with Crippen LogP contribution in [0.5, 0.6) is 0 Å². The van der Waals surface area contributed by atoms with Gasteiger partial charge in [0.1, 0.15) is 5.56 Å². The topological polar surface area (TPSA) is 50.5 Å². The number of fused-ring (bicyclic) bond motifs is 1. The van der Waals surface area contributed by atoms with Crippen LogP contribution in [-0.4, -0.2) is 38.0 Å². The monoisotopic (exact) mass is 334 g/mol. The Morgan fingerprint density at radius 2 is 2.00 bits per heavy atom. The van der Waals surface area contributed by atoms with Gasteiger partial charge in [0.25, 0.3) is 5.91 Å². The summed E-state index contributed by atoms with van der Waals surface area (Å²) < 4.78 is 1.68. The molecule has 3 heterocycles. The van der Waals surface area contributed by atoms with Gasteiger partial charge in [-0.25, -0.2) is 9.50 Å². The molecular formula is C20H22N4O. The predicted molar refractivity (Wildman–Crippen MR) is 96.8 cm³/mol. The van der Waals surface area contributed by atoms with Crippen molar-refractivity contribution in [3.8, 4) is 0 Å². The van der Waals surface area contributed by atoms with Gasteiger partial charge in [-0.3, -0.25) is 4.79 Å². The number of carbonyl (C=O) groups is 1. The quantitative estimate of drug-likeness (QED) is 0.722. The van der Waals surface area contributed by atoms with Crippen LogP contribution < -0.4 is 0 Å². The number of likely N-dealkylation sites (tertiary alicyclic amines) is 1. The van der Waals surface area contributed by atoms with E-state index in [9.17, 15) is 4.79 Å². The Hall–Kier alpha value is -2.69. The van der Waals surface area contributed by atoms with Crippen LogP contribution >= 0.6 is 0 Å². The lowest BCUT2D eigenvalue weighted by Crippen LogP contribution is -2.34. The van der Waals surface area contributed by atoms with Gasteiger partial charge in [-0.15, -0.1) is 0 Å². The number of aryl methyl sites for hydroxylation is 2. The molecule has 1 aliphatic rings. The third-order valence-electron chi connectivity index (χ3n) is 5.25. The molecule has 1 fully saturated rings. The number of hydrogen-bond acceptors (Lipinski definition) is 3. The lowest BCUT2D eigenvalue weighted by Gasteiger charge is -2.21. The minimum absolute atomic E-state index is 0.0368. The summed E-state index contributed by atoms with van der Waals surface area (Å²) in [5, 5.41) is 4.43. The van der Waals surface area contributed by atoms with Crippen molar-refractivity contribution in [2.24, 2.45) is 0 Å². The number of hydrogen-bond donors (Lipinski definition) is 0. The van der Waals surface area contributed by atoms with Gasteiger partial charge in [0.2, 0.25) is 0 Å². The van der Waals surface area contributed by atoms with Crippen LogP contribution in [0.15, 0.2) is 42.7 Å². The average molecular weight is 334 g/mol. The fourth-order valence-corrected chi connectivity index (χ4v) is 3.97. The van der Waals surface area contributed by atoms with Gasteiger partial charge in [-0.1, -0.05) is 24.3 Å². The Labute approximate surface area is 147 Å². The highest BCUT2D eigenvalue weighted by molar-refractivity contribution is 6.01. The molecule has 1 amide bonds. The third kappa shape index (κ3) is 2.60. The second-order valence-electron chi connectivity index (χ2n) is 6.94. The van der Waals surface area contributed by atoms with Gasteiger partial charge in [-0.2, -0.15) is 5.10 Å². The number of amides is 1.